The van der Waals surface area contributed by atoms with E-state index in [1.807, 2.05) is 27.7 Å². The molecule has 0 spiro atoms. The van der Waals surface area contributed by atoms with Gasteiger partial charge in [0, 0.05) is 0 Å². The minimum Gasteiger partial charge on any atom is -0.319 e. The maximum absolute atomic E-state index is 3.30. The molecule has 0 rings (SSSR count). The third-order valence-electron chi connectivity index (χ3n) is 2.67. The van der Waals surface area contributed by atoms with Crippen LogP contribution in [0.25, 0.3) is 0 Å². The van der Waals surface area contributed by atoms with Gasteiger partial charge in [0.2, 0.25) is 0 Å². The third-order valence-corrected chi connectivity index (χ3v) is 2.67. The number of unbranched alkanes of at least 4 members (excludes halogenated alkanes) is 3. The largest absolute Gasteiger partial charge is 0.319 e. The lowest BCUT2D eigenvalue weighted by molar-refractivity contribution is 0.402. The molecule has 0 aliphatic heterocycles. The maximum atomic E-state index is 3.30. The highest BCUT2D eigenvalue weighted by atomic mass is 14.8. The lowest BCUT2D eigenvalue weighted by Gasteiger charge is -2.15. The first-order valence-electron chi connectivity index (χ1n) is 9.41. The topological polar surface area (TPSA) is 12.0 Å². The zero-order valence-electron chi connectivity index (χ0n) is 16.4. The van der Waals surface area contributed by atoms with Crippen molar-refractivity contribution in [2.24, 2.45) is 5.92 Å². The standard InChI is InChI=1S/C12H27N.C3H8.2C2H6/c1-4-6-8-10-12(11-13-3)9-7-5-2;1-3-2;2*1-2/h12-13H,4-11H2,1-3H3;3H2,1-2H3;2*1-2H3. The summed E-state index contributed by atoms with van der Waals surface area (Å²) in [4.78, 5) is 0. The molecule has 0 amide bonds. The summed E-state index contributed by atoms with van der Waals surface area (Å²) in [6.45, 7) is 18.0. The fourth-order valence-electron chi connectivity index (χ4n) is 1.81. The number of rotatable bonds is 9. The zero-order valence-corrected chi connectivity index (χ0v) is 16.4. The third kappa shape index (κ3) is 36.1. The monoisotopic (exact) mass is 289 g/mol. The summed E-state index contributed by atoms with van der Waals surface area (Å²) in [5.74, 6) is 0.927. The van der Waals surface area contributed by atoms with Crippen LogP contribution >= 0.6 is 0 Å². The van der Waals surface area contributed by atoms with Gasteiger partial charge < -0.3 is 5.32 Å². The molecule has 128 valence electrons. The van der Waals surface area contributed by atoms with E-state index >= 15 is 0 Å². The van der Waals surface area contributed by atoms with Gasteiger partial charge in [-0.1, -0.05) is 93.9 Å². The Hall–Kier alpha value is -0.0400. The van der Waals surface area contributed by atoms with Crippen LogP contribution in [0.4, 0.5) is 0 Å². The van der Waals surface area contributed by atoms with E-state index in [0.717, 1.165) is 5.92 Å². The first-order valence-corrected chi connectivity index (χ1v) is 9.41. The highest BCUT2D eigenvalue weighted by Crippen LogP contribution is 2.15. The first-order chi connectivity index (χ1) is 9.76. The molecule has 0 radical (unpaired) electrons. The van der Waals surface area contributed by atoms with Crippen molar-refractivity contribution in [2.45, 2.75) is 107 Å². The fraction of sp³-hybridized carbons (Fsp3) is 1.00. The van der Waals surface area contributed by atoms with E-state index < -0.39 is 0 Å². The molecule has 1 unspecified atom stereocenters. The van der Waals surface area contributed by atoms with Gasteiger partial charge in [-0.05, 0) is 32.4 Å². The Bertz CT molecular complexity index is 102. The SMILES string of the molecule is CC.CC.CCC.CCCCCC(CCCC)CNC. The average molecular weight is 290 g/mol. The lowest BCUT2D eigenvalue weighted by atomic mass is 9.95. The smallest absolute Gasteiger partial charge is 0.00235 e. The average Bonchev–Trinajstić information content (AvgIpc) is 2.50. The molecule has 0 aliphatic rings. The normalized spacial score (nSPS) is 10.1. The van der Waals surface area contributed by atoms with Crippen LogP contribution in [0.3, 0.4) is 0 Å². The van der Waals surface area contributed by atoms with Gasteiger partial charge in [-0.15, -0.1) is 0 Å². The summed E-state index contributed by atoms with van der Waals surface area (Å²) in [5, 5.41) is 3.30. The van der Waals surface area contributed by atoms with Crippen LogP contribution in [0.1, 0.15) is 107 Å². The van der Waals surface area contributed by atoms with E-state index in [4.69, 9.17) is 0 Å². The van der Waals surface area contributed by atoms with Crippen LogP contribution in [0, 0.1) is 5.92 Å². The molecule has 1 N–H and O–H groups in total. The van der Waals surface area contributed by atoms with Gasteiger partial charge in [0.05, 0.1) is 0 Å². The van der Waals surface area contributed by atoms with Crippen LogP contribution in [-0.4, -0.2) is 13.6 Å². The van der Waals surface area contributed by atoms with E-state index in [1.54, 1.807) is 0 Å². The van der Waals surface area contributed by atoms with E-state index in [0.29, 0.717) is 0 Å². The molecule has 1 heteroatoms. The Labute approximate surface area is 132 Å². The number of hydrogen-bond acceptors (Lipinski definition) is 1. The van der Waals surface area contributed by atoms with Gasteiger partial charge in [-0.25, -0.2) is 0 Å². The van der Waals surface area contributed by atoms with E-state index in [9.17, 15) is 0 Å². The minimum absolute atomic E-state index is 0.927. The van der Waals surface area contributed by atoms with Crippen molar-refractivity contribution < 1.29 is 0 Å². The van der Waals surface area contributed by atoms with Crippen molar-refractivity contribution in [1.29, 1.82) is 0 Å². The van der Waals surface area contributed by atoms with Crippen LogP contribution in [0.2, 0.25) is 0 Å². The highest BCUT2D eigenvalue weighted by Gasteiger charge is 2.05. The second kappa shape index (κ2) is 36.4. The lowest BCUT2D eigenvalue weighted by Crippen LogP contribution is -2.18. The molecular formula is C19H47N. The summed E-state index contributed by atoms with van der Waals surface area (Å²) >= 11 is 0. The quantitative estimate of drug-likeness (QED) is 0.448. The van der Waals surface area contributed by atoms with Crippen molar-refractivity contribution in [1.82, 2.24) is 5.32 Å². The minimum atomic E-state index is 0.927. The van der Waals surface area contributed by atoms with Crippen molar-refractivity contribution in [2.75, 3.05) is 13.6 Å². The Morgan fingerprint density at radius 1 is 0.700 bits per heavy atom. The molecule has 1 atom stereocenters. The molecule has 1 nitrogen and oxygen atoms in total. The molecule has 0 aromatic heterocycles. The predicted octanol–water partition coefficient (Wildman–Crippen LogP) is 7.06. The fourth-order valence-corrected chi connectivity index (χ4v) is 1.81. The predicted molar refractivity (Wildman–Crippen MR) is 99.7 cm³/mol. The van der Waals surface area contributed by atoms with Crippen LogP contribution in [-0.2, 0) is 0 Å². The van der Waals surface area contributed by atoms with E-state index in [1.165, 1.54) is 57.9 Å². The summed E-state index contributed by atoms with van der Waals surface area (Å²) in [5.41, 5.74) is 0. The second-order valence-electron chi connectivity index (χ2n) is 4.77. The summed E-state index contributed by atoms with van der Waals surface area (Å²) in [6.07, 6.45) is 11.0. The Morgan fingerprint density at radius 3 is 1.45 bits per heavy atom. The zero-order chi connectivity index (χ0) is 16.6. The molecule has 0 aromatic rings. The molecule has 20 heavy (non-hydrogen) atoms. The number of hydrogen-bond donors (Lipinski definition) is 1. The van der Waals surface area contributed by atoms with E-state index in [-0.39, 0.29) is 0 Å². The Balaban J connectivity index is -0.000000155. The summed E-state index contributed by atoms with van der Waals surface area (Å²) in [7, 11) is 2.07. The van der Waals surface area contributed by atoms with Gasteiger partial charge in [-0.2, -0.15) is 0 Å². The number of nitrogens with one attached hydrogen (secondary N) is 1. The molecule has 0 aromatic carbocycles. The van der Waals surface area contributed by atoms with Crippen molar-refractivity contribution in [3.05, 3.63) is 0 Å². The van der Waals surface area contributed by atoms with Crippen LogP contribution in [0.5, 0.6) is 0 Å². The maximum Gasteiger partial charge on any atom is -0.00235 e. The molecule has 0 fully saturated rings. The van der Waals surface area contributed by atoms with Gasteiger partial charge in [0.15, 0.2) is 0 Å². The molecule has 0 saturated heterocycles. The Kier molecular flexibility index (Phi) is 51.3. The molecular weight excluding hydrogens is 242 g/mol. The van der Waals surface area contributed by atoms with Crippen molar-refractivity contribution in [3.8, 4) is 0 Å². The molecule has 0 saturated carbocycles. The van der Waals surface area contributed by atoms with Crippen molar-refractivity contribution >= 4 is 0 Å². The van der Waals surface area contributed by atoms with Crippen LogP contribution < -0.4 is 5.32 Å². The van der Waals surface area contributed by atoms with Gasteiger partial charge in [0.25, 0.3) is 0 Å². The Morgan fingerprint density at radius 2 is 1.10 bits per heavy atom. The molecule has 0 bridgehead atoms. The first kappa shape index (κ1) is 28.2. The molecule has 0 heterocycles. The highest BCUT2D eigenvalue weighted by molar-refractivity contribution is 4.61. The van der Waals surface area contributed by atoms with Crippen LogP contribution in [0.15, 0.2) is 0 Å². The van der Waals surface area contributed by atoms with Gasteiger partial charge in [-0.3, -0.25) is 0 Å². The van der Waals surface area contributed by atoms with Gasteiger partial charge in [0.1, 0.15) is 0 Å². The summed E-state index contributed by atoms with van der Waals surface area (Å²) in [6, 6.07) is 0. The molecule has 0 aliphatic carbocycles. The van der Waals surface area contributed by atoms with E-state index in [2.05, 4.69) is 40.1 Å². The van der Waals surface area contributed by atoms with Gasteiger partial charge >= 0.3 is 0 Å². The second-order valence-corrected chi connectivity index (χ2v) is 4.77. The summed E-state index contributed by atoms with van der Waals surface area (Å²) < 4.78 is 0. The van der Waals surface area contributed by atoms with Crippen molar-refractivity contribution in [3.63, 3.8) is 0 Å².